The molecule has 4 nitrogen and oxygen atoms in total. The molecule has 0 saturated heterocycles. The van der Waals surface area contributed by atoms with Gasteiger partial charge >= 0.3 is 0 Å². The van der Waals surface area contributed by atoms with E-state index in [0.29, 0.717) is 11.8 Å². The summed E-state index contributed by atoms with van der Waals surface area (Å²) in [6, 6.07) is 6.70. The molecule has 1 heterocycles. The number of nitrogens with zero attached hydrogens (tertiary/aromatic N) is 2. The van der Waals surface area contributed by atoms with Crippen molar-refractivity contribution in [1.29, 1.82) is 0 Å². The molecule has 0 spiro atoms. The van der Waals surface area contributed by atoms with Gasteiger partial charge in [0.25, 0.3) is 0 Å². The maximum Gasteiger partial charge on any atom is 0.152 e. The normalized spacial score (nSPS) is 22.4. The minimum absolute atomic E-state index is 0.387. The number of hydrogen-bond donors (Lipinski definition) is 2. The molecule has 3 unspecified atom stereocenters. The van der Waals surface area contributed by atoms with Crippen molar-refractivity contribution < 1.29 is 0 Å². The van der Waals surface area contributed by atoms with E-state index in [1.54, 1.807) is 0 Å². The Labute approximate surface area is 193 Å². The van der Waals surface area contributed by atoms with Crippen molar-refractivity contribution >= 4 is 12.0 Å². The molecule has 0 radical (unpaired) electrons. The predicted octanol–water partition coefficient (Wildman–Crippen LogP) is 6.60. The highest BCUT2D eigenvalue weighted by atomic mass is 15.2. The van der Waals surface area contributed by atoms with Crippen molar-refractivity contribution in [1.82, 2.24) is 10.2 Å². The van der Waals surface area contributed by atoms with E-state index in [-0.39, 0.29) is 0 Å². The third-order valence-electron chi connectivity index (χ3n) is 7.26. The first-order valence-corrected chi connectivity index (χ1v) is 12.3. The highest BCUT2D eigenvalue weighted by Crippen LogP contribution is 2.41. The Morgan fingerprint density at radius 2 is 2.03 bits per heavy atom. The SMILES string of the molecule is C=C(C)CC1CCC(c2cc(NC(=C)C3Cc4c(C=NCC)ccc(CC)c4C3)n[nH]2)C1. The predicted molar refractivity (Wildman–Crippen MR) is 136 cm³/mol. The molecule has 0 amide bonds. The van der Waals surface area contributed by atoms with Crippen molar-refractivity contribution in [3.05, 3.63) is 70.6 Å². The number of anilines is 1. The summed E-state index contributed by atoms with van der Waals surface area (Å²) in [5.41, 5.74) is 9.28. The third kappa shape index (κ3) is 4.90. The fourth-order valence-corrected chi connectivity index (χ4v) is 5.62. The maximum absolute atomic E-state index is 4.56. The second-order valence-corrected chi connectivity index (χ2v) is 9.75. The zero-order valence-electron chi connectivity index (χ0n) is 20.0. The summed E-state index contributed by atoms with van der Waals surface area (Å²) < 4.78 is 0. The second-order valence-electron chi connectivity index (χ2n) is 9.75. The Hall–Kier alpha value is -2.62. The van der Waals surface area contributed by atoms with Gasteiger partial charge in [0.2, 0.25) is 0 Å². The van der Waals surface area contributed by atoms with Crippen LogP contribution in [-0.2, 0) is 19.3 Å². The number of H-pyrrole nitrogens is 1. The number of benzene rings is 1. The first-order chi connectivity index (χ1) is 15.5. The van der Waals surface area contributed by atoms with Crippen LogP contribution in [0.2, 0.25) is 0 Å². The van der Waals surface area contributed by atoms with Crippen molar-refractivity contribution in [2.24, 2.45) is 16.8 Å². The molecule has 0 bridgehead atoms. The molecule has 2 N–H and O–H groups in total. The average Bonchev–Trinajstić information content (AvgIpc) is 3.51. The molecule has 1 aromatic carbocycles. The Morgan fingerprint density at radius 1 is 1.22 bits per heavy atom. The largest absolute Gasteiger partial charge is 0.343 e. The summed E-state index contributed by atoms with van der Waals surface area (Å²) >= 11 is 0. The van der Waals surface area contributed by atoms with Crippen molar-refractivity contribution in [3.8, 4) is 0 Å². The van der Waals surface area contributed by atoms with E-state index >= 15 is 0 Å². The number of aromatic amines is 1. The fourth-order valence-electron chi connectivity index (χ4n) is 5.62. The molecule has 170 valence electrons. The van der Waals surface area contributed by atoms with Gasteiger partial charge in [0.05, 0.1) is 0 Å². The first-order valence-electron chi connectivity index (χ1n) is 12.3. The summed E-state index contributed by atoms with van der Waals surface area (Å²) in [5.74, 6) is 2.63. The molecular formula is C28H38N4. The van der Waals surface area contributed by atoms with Gasteiger partial charge in [-0.1, -0.05) is 31.2 Å². The Morgan fingerprint density at radius 3 is 2.78 bits per heavy atom. The molecule has 2 aromatic rings. The van der Waals surface area contributed by atoms with Crippen LogP contribution < -0.4 is 5.32 Å². The number of rotatable bonds is 9. The monoisotopic (exact) mass is 430 g/mol. The zero-order valence-corrected chi connectivity index (χ0v) is 20.0. The number of aromatic nitrogens is 2. The van der Waals surface area contributed by atoms with E-state index in [1.165, 1.54) is 52.8 Å². The fraction of sp³-hybridized carbons (Fsp3) is 0.500. The lowest BCUT2D eigenvalue weighted by Crippen LogP contribution is -2.11. The van der Waals surface area contributed by atoms with E-state index < -0.39 is 0 Å². The van der Waals surface area contributed by atoms with Crippen LogP contribution in [0, 0.1) is 11.8 Å². The maximum atomic E-state index is 4.56. The van der Waals surface area contributed by atoms with Crippen LogP contribution in [0.25, 0.3) is 0 Å². The molecule has 32 heavy (non-hydrogen) atoms. The molecule has 2 aliphatic rings. The average molecular weight is 431 g/mol. The summed E-state index contributed by atoms with van der Waals surface area (Å²) in [6.45, 7) is 15.8. The van der Waals surface area contributed by atoms with E-state index in [0.717, 1.165) is 49.7 Å². The number of aliphatic imine (C=N–C) groups is 1. The van der Waals surface area contributed by atoms with Gasteiger partial charge < -0.3 is 5.32 Å². The van der Waals surface area contributed by atoms with Crippen LogP contribution in [0.3, 0.4) is 0 Å². The van der Waals surface area contributed by atoms with Gasteiger partial charge in [0.1, 0.15) is 0 Å². The van der Waals surface area contributed by atoms with Crippen LogP contribution in [0.4, 0.5) is 5.82 Å². The topological polar surface area (TPSA) is 53.1 Å². The zero-order chi connectivity index (χ0) is 22.7. The van der Waals surface area contributed by atoms with Crippen LogP contribution in [0.5, 0.6) is 0 Å². The van der Waals surface area contributed by atoms with Crippen molar-refractivity contribution in [3.63, 3.8) is 0 Å². The Balaban J connectivity index is 1.41. The minimum Gasteiger partial charge on any atom is -0.343 e. The molecule has 0 aliphatic heterocycles. The van der Waals surface area contributed by atoms with Gasteiger partial charge in [0.15, 0.2) is 5.82 Å². The third-order valence-corrected chi connectivity index (χ3v) is 7.26. The van der Waals surface area contributed by atoms with Gasteiger partial charge in [0, 0.05) is 42.1 Å². The van der Waals surface area contributed by atoms with Gasteiger partial charge in [-0.3, -0.25) is 10.1 Å². The standard InChI is InChI=1S/C28H38N4/c1-6-21-10-11-23(17-29-7-2)26-15-24(14-25(21)26)19(5)30-28-16-27(31-32-28)22-9-8-20(13-22)12-18(3)4/h10-11,16-17,20,22,24H,3,5-9,12-15H2,1-2,4H3,(H2,30,31,32). The molecular weight excluding hydrogens is 392 g/mol. The van der Waals surface area contributed by atoms with Crippen LogP contribution in [-0.4, -0.2) is 23.0 Å². The lowest BCUT2D eigenvalue weighted by molar-refractivity contribution is 0.532. The smallest absolute Gasteiger partial charge is 0.152 e. The van der Waals surface area contributed by atoms with Gasteiger partial charge in [-0.2, -0.15) is 5.10 Å². The van der Waals surface area contributed by atoms with Gasteiger partial charge in [-0.25, -0.2) is 0 Å². The van der Waals surface area contributed by atoms with Gasteiger partial charge in [-0.05, 0) is 87.0 Å². The Kier molecular flexibility index (Phi) is 6.98. The Bertz CT molecular complexity index is 1010. The highest BCUT2D eigenvalue weighted by molar-refractivity contribution is 5.83. The summed E-state index contributed by atoms with van der Waals surface area (Å²) in [6.07, 6.45) is 10.1. The summed E-state index contributed by atoms with van der Waals surface area (Å²) in [7, 11) is 0. The minimum atomic E-state index is 0.387. The molecule has 1 fully saturated rings. The van der Waals surface area contributed by atoms with E-state index in [2.05, 4.69) is 72.6 Å². The quantitative estimate of drug-likeness (QED) is 0.348. The number of fused-ring (bicyclic) bond motifs is 1. The van der Waals surface area contributed by atoms with Crippen LogP contribution in [0.1, 0.15) is 80.3 Å². The first kappa shape index (κ1) is 22.6. The number of hydrogen-bond acceptors (Lipinski definition) is 3. The summed E-state index contributed by atoms with van der Waals surface area (Å²) in [5, 5.41) is 11.4. The molecule has 4 heteroatoms. The van der Waals surface area contributed by atoms with Crippen molar-refractivity contribution in [2.75, 3.05) is 11.9 Å². The lowest BCUT2D eigenvalue weighted by Gasteiger charge is -2.14. The number of aryl methyl sites for hydroxylation is 1. The summed E-state index contributed by atoms with van der Waals surface area (Å²) in [4.78, 5) is 4.49. The molecule has 1 aromatic heterocycles. The second kappa shape index (κ2) is 9.89. The van der Waals surface area contributed by atoms with E-state index in [1.807, 2.05) is 6.21 Å². The van der Waals surface area contributed by atoms with Crippen LogP contribution in [0.15, 0.2) is 47.6 Å². The number of allylic oxidation sites excluding steroid dienone is 2. The molecule has 3 atom stereocenters. The van der Waals surface area contributed by atoms with E-state index in [4.69, 9.17) is 0 Å². The highest BCUT2D eigenvalue weighted by Gasteiger charge is 2.29. The van der Waals surface area contributed by atoms with Crippen molar-refractivity contribution in [2.45, 2.75) is 71.6 Å². The van der Waals surface area contributed by atoms with Crippen LogP contribution >= 0.6 is 0 Å². The molecule has 4 rings (SSSR count). The van der Waals surface area contributed by atoms with E-state index in [9.17, 15) is 0 Å². The lowest BCUT2D eigenvalue weighted by atomic mass is 9.97. The van der Waals surface area contributed by atoms with Gasteiger partial charge in [-0.15, -0.1) is 6.58 Å². The molecule has 1 saturated carbocycles. The number of nitrogens with one attached hydrogen (secondary N) is 2. The molecule has 2 aliphatic carbocycles.